The van der Waals surface area contributed by atoms with Gasteiger partial charge >= 0.3 is 0 Å². The summed E-state index contributed by atoms with van der Waals surface area (Å²) >= 11 is 3.41. The van der Waals surface area contributed by atoms with Gasteiger partial charge in [0.2, 0.25) is 0 Å². The highest BCUT2D eigenvalue weighted by molar-refractivity contribution is 9.10. The number of carbonyl (C=O) groups is 1. The largest absolute Gasteiger partial charge is 0.335 e. The van der Waals surface area contributed by atoms with Gasteiger partial charge in [0.25, 0.3) is 5.91 Å². The van der Waals surface area contributed by atoms with Gasteiger partial charge in [-0.05, 0) is 40.5 Å². The molecule has 3 nitrogen and oxygen atoms in total. The molecule has 2 N–H and O–H groups in total. The Labute approximate surface area is 97.4 Å². The van der Waals surface area contributed by atoms with Crippen molar-refractivity contribution in [2.24, 2.45) is 5.73 Å². The number of halogens is 1. The Kier molecular flexibility index (Phi) is 2.80. The first-order valence-corrected chi connectivity index (χ1v) is 5.68. The van der Waals surface area contributed by atoms with Crippen molar-refractivity contribution in [3.8, 4) is 0 Å². The standard InChI is InChI=1S/C11H13BrN2O/c1-7-2-3-9(10(12)4-7)11(15)14-5-8(13)6-14/h2-4,8H,5-6,13H2,1H3. The minimum Gasteiger partial charge on any atom is -0.335 e. The molecular weight excluding hydrogens is 256 g/mol. The molecule has 0 spiro atoms. The van der Waals surface area contributed by atoms with Crippen LogP contribution in [0.15, 0.2) is 22.7 Å². The molecule has 1 saturated heterocycles. The quantitative estimate of drug-likeness (QED) is 0.840. The third-order valence-electron chi connectivity index (χ3n) is 2.55. The van der Waals surface area contributed by atoms with Crippen molar-refractivity contribution in [3.05, 3.63) is 33.8 Å². The second-order valence-electron chi connectivity index (χ2n) is 3.95. The van der Waals surface area contributed by atoms with Crippen molar-refractivity contribution in [2.45, 2.75) is 13.0 Å². The smallest absolute Gasteiger partial charge is 0.255 e. The van der Waals surface area contributed by atoms with Crippen molar-refractivity contribution in [3.63, 3.8) is 0 Å². The number of likely N-dealkylation sites (tertiary alicyclic amines) is 1. The summed E-state index contributed by atoms with van der Waals surface area (Å²) in [6, 6.07) is 5.90. The van der Waals surface area contributed by atoms with E-state index in [9.17, 15) is 4.79 Å². The second kappa shape index (κ2) is 3.94. The Morgan fingerprint density at radius 2 is 2.20 bits per heavy atom. The monoisotopic (exact) mass is 268 g/mol. The zero-order valence-corrected chi connectivity index (χ0v) is 10.1. The summed E-state index contributed by atoms with van der Waals surface area (Å²) in [7, 11) is 0. The molecule has 1 heterocycles. The van der Waals surface area contributed by atoms with Crippen molar-refractivity contribution in [1.29, 1.82) is 0 Å². The van der Waals surface area contributed by atoms with E-state index in [2.05, 4.69) is 15.9 Å². The molecule has 0 saturated carbocycles. The second-order valence-corrected chi connectivity index (χ2v) is 4.81. The fourth-order valence-electron chi connectivity index (χ4n) is 1.64. The average Bonchev–Trinajstić information content (AvgIpc) is 2.12. The van der Waals surface area contributed by atoms with Crippen molar-refractivity contribution in [1.82, 2.24) is 4.90 Å². The molecular formula is C11H13BrN2O. The maximum absolute atomic E-state index is 11.9. The van der Waals surface area contributed by atoms with Crippen molar-refractivity contribution < 1.29 is 4.79 Å². The van der Waals surface area contributed by atoms with Crippen LogP contribution < -0.4 is 5.73 Å². The first-order valence-electron chi connectivity index (χ1n) is 4.89. The summed E-state index contributed by atoms with van der Waals surface area (Å²) in [4.78, 5) is 13.7. The Hall–Kier alpha value is -0.870. The highest BCUT2D eigenvalue weighted by atomic mass is 79.9. The minimum absolute atomic E-state index is 0.0589. The SMILES string of the molecule is Cc1ccc(C(=O)N2CC(N)C2)c(Br)c1. The van der Waals surface area contributed by atoms with Gasteiger partial charge in [-0.25, -0.2) is 0 Å². The van der Waals surface area contributed by atoms with Gasteiger partial charge in [-0.15, -0.1) is 0 Å². The first kappa shape index (κ1) is 10.6. The average molecular weight is 269 g/mol. The fourth-order valence-corrected chi connectivity index (χ4v) is 2.31. The molecule has 15 heavy (non-hydrogen) atoms. The maximum Gasteiger partial charge on any atom is 0.255 e. The number of carbonyl (C=O) groups excluding carboxylic acids is 1. The van der Waals surface area contributed by atoms with E-state index in [0.717, 1.165) is 10.0 Å². The van der Waals surface area contributed by atoms with E-state index in [0.29, 0.717) is 18.7 Å². The molecule has 0 radical (unpaired) electrons. The number of rotatable bonds is 1. The number of benzene rings is 1. The van der Waals surface area contributed by atoms with Crippen LogP contribution in [-0.2, 0) is 0 Å². The lowest BCUT2D eigenvalue weighted by Crippen LogP contribution is -2.57. The summed E-state index contributed by atoms with van der Waals surface area (Å²) < 4.78 is 0.855. The first-order chi connectivity index (χ1) is 7.08. The van der Waals surface area contributed by atoms with E-state index >= 15 is 0 Å². The van der Waals surface area contributed by atoms with E-state index in [1.54, 1.807) is 4.90 Å². The third-order valence-corrected chi connectivity index (χ3v) is 3.21. The topological polar surface area (TPSA) is 46.3 Å². The molecule has 4 heteroatoms. The molecule has 1 aromatic carbocycles. The number of nitrogens with two attached hydrogens (primary N) is 1. The van der Waals surface area contributed by atoms with Crippen molar-refractivity contribution >= 4 is 21.8 Å². The fraction of sp³-hybridized carbons (Fsp3) is 0.364. The summed E-state index contributed by atoms with van der Waals surface area (Å²) in [5, 5.41) is 0. The Morgan fingerprint density at radius 1 is 1.53 bits per heavy atom. The van der Waals surface area contributed by atoms with Crippen LogP contribution in [-0.4, -0.2) is 29.9 Å². The number of amides is 1. The van der Waals surface area contributed by atoms with Gasteiger partial charge in [0.05, 0.1) is 5.56 Å². The third kappa shape index (κ3) is 2.06. The maximum atomic E-state index is 11.9. The normalized spacial score (nSPS) is 16.3. The Balaban J connectivity index is 2.19. The van der Waals surface area contributed by atoms with E-state index < -0.39 is 0 Å². The van der Waals surface area contributed by atoms with Gasteiger partial charge in [-0.3, -0.25) is 4.79 Å². The molecule has 1 aliphatic rings. The lowest BCUT2D eigenvalue weighted by Gasteiger charge is -2.37. The molecule has 1 fully saturated rings. The zero-order valence-electron chi connectivity index (χ0n) is 8.53. The molecule has 0 aliphatic carbocycles. The number of hydrogen-bond donors (Lipinski definition) is 1. The van der Waals surface area contributed by atoms with Gasteiger partial charge in [0, 0.05) is 23.6 Å². The summed E-state index contributed by atoms with van der Waals surface area (Å²) in [5.74, 6) is 0.0589. The van der Waals surface area contributed by atoms with E-state index in [4.69, 9.17) is 5.73 Å². The van der Waals surface area contributed by atoms with Gasteiger partial charge in [-0.2, -0.15) is 0 Å². The predicted octanol–water partition coefficient (Wildman–Crippen LogP) is 1.54. The summed E-state index contributed by atoms with van der Waals surface area (Å²) in [6.07, 6.45) is 0. The van der Waals surface area contributed by atoms with Crippen LogP contribution in [0.3, 0.4) is 0 Å². The Morgan fingerprint density at radius 3 is 2.73 bits per heavy atom. The van der Waals surface area contributed by atoms with Gasteiger partial charge in [-0.1, -0.05) is 6.07 Å². The molecule has 0 aromatic heterocycles. The molecule has 2 rings (SSSR count). The number of aryl methyl sites for hydroxylation is 1. The molecule has 1 aromatic rings. The van der Waals surface area contributed by atoms with Crippen LogP contribution >= 0.6 is 15.9 Å². The van der Waals surface area contributed by atoms with E-state index in [-0.39, 0.29) is 11.9 Å². The summed E-state index contributed by atoms with van der Waals surface area (Å²) in [5.41, 5.74) is 7.49. The lowest BCUT2D eigenvalue weighted by atomic mass is 10.1. The highest BCUT2D eigenvalue weighted by Gasteiger charge is 2.29. The van der Waals surface area contributed by atoms with E-state index in [1.165, 1.54) is 0 Å². The summed E-state index contributed by atoms with van der Waals surface area (Å²) in [6.45, 7) is 3.33. The van der Waals surface area contributed by atoms with Crippen LogP contribution in [0.25, 0.3) is 0 Å². The number of nitrogens with zero attached hydrogens (tertiary/aromatic N) is 1. The molecule has 1 aliphatic heterocycles. The van der Waals surface area contributed by atoms with Crippen LogP contribution in [0, 0.1) is 6.92 Å². The van der Waals surface area contributed by atoms with Crippen LogP contribution in [0.4, 0.5) is 0 Å². The highest BCUT2D eigenvalue weighted by Crippen LogP contribution is 2.21. The molecule has 1 amide bonds. The number of hydrogen-bond acceptors (Lipinski definition) is 2. The zero-order chi connectivity index (χ0) is 11.0. The molecule has 0 bridgehead atoms. The van der Waals surface area contributed by atoms with E-state index in [1.807, 2.05) is 25.1 Å². The van der Waals surface area contributed by atoms with Gasteiger partial charge in [0.1, 0.15) is 0 Å². The Bertz CT molecular complexity index is 400. The minimum atomic E-state index is 0.0589. The van der Waals surface area contributed by atoms with Crippen LogP contribution in [0.2, 0.25) is 0 Å². The predicted molar refractivity (Wildman–Crippen MR) is 62.8 cm³/mol. The molecule has 0 atom stereocenters. The van der Waals surface area contributed by atoms with Gasteiger partial charge < -0.3 is 10.6 Å². The molecule has 0 unspecified atom stereocenters. The van der Waals surface area contributed by atoms with Crippen molar-refractivity contribution in [2.75, 3.05) is 13.1 Å². The lowest BCUT2D eigenvalue weighted by molar-refractivity contribution is 0.0607. The molecule has 80 valence electrons. The van der Waals surface area contributed by atoms with Gasteiger partial charge in [0.15, 0.2) is 0 Å². The van der Waals surface area contributed by atoms with Crippen LogP contribution in [0.1, 0.15) is 15.9 Å². The van der Waals surface area contributed by atoms with Crippen LogP contribution in [0.5, 0.6) is 0 Å².